The lowest BCUT2D eigenvalue weighted by Gasteiger charge is -2.29. The Labute approximate surface area is 115 Å². The van der Waals surface area contributed by atoms with Gasteiger partial charge in [0.25, 0.3) is 5.91 Å². The first-order valence-corrected chi connectivity index (χ1v) is 6.25. The molecule has 5 nitrogen and oxygen atoms in total. The number of benzene rings is 2. The molecule has 0 bridgehead atoms. The van der Waals surface area contributed by atoms with Crippen molar-refractivity contribution in [3.8, 4) is 11.5 Å². The van der Waals surface area contributed by atoms with Gasteiger partial charge in [0.05, 0.1) is 11.3 Å². The van der Waals surface area contributed by atoms with E-state index in [4.69, 9.17) is 0 Å². The van der Waals surface area contributed by atoms with Crippen LogP contribution in [0.1, 0.15) is 27.7 Å². The lowest BCUT2D eigenvalue weighted by Crippen LogP contribution is -2.38. The Morgan fingerprint density at radius 1 is 1.05 bits per heavy atom. The number of phenolic OH excluding ortho intramolecular Hbond substituents is 2. The van der Waals surface area contributed by atoms with Crippen LogP contribution < -0.4 is 10.6 Å². The first kappa shape index (κ1) is 12.3. The first-order valence-electron chi connectivity index (χ1n) is 6.25. The summed E-state index contributed by atoms with van der Waals surface area (Å²) in [7, 11) is 0. The number of carbonyl (C=O) groups excluding carboxylic acids is 1. The molecule has 0 saturated carbocycles. The second-order valence-corrected chi connectivity index (χ2v) is 4.80. The number of amides is 1. The number of phenols is 2. The molecule has 0 aliphatic carbocycles. The Hall–Kier alpha value is -2.69. The number of anilines is 1. The summed E-state index contributed by atoms with van der Waals surface area (Å²) in [4.78, 5) is 12.1. The van der Waals surface area contributed by atoms with E-state index in [2.05, 4.69) is 10.6 Å². The Bertz CT molecular complexity index is 698. The number of para-hydroxylation sites is 1. The van der Waals surface area contributed by atoms with Crippen molar-refractivity contribution in [2.24, 2.45) is 0 Å². The van der Waals surface area contributed by atoms with Gasteiger partial charge < -0.3 is 20.8 Å². The quantitative estimate of drug-likeness (QED) is 0.599. The topological polar surface area (TPSA) is 81.6 Å². The molecule has 1 atom stereocenters. The molecule has 4 N–H and O–H groups in total. The molecule has 0 fully saturated rings. The Balaban J connectivity index is 2.00. The monoisotopic (exact) mass is 270 g/mol. The van der Waals surface area contributed by atoms with E-state index in [1.807, 2.05) is 19.1 Å². The molecule has 2 aromatic carbocycles. The van der Waals surface area contributed by atoms with Gasteiger partial charge in [-0.3, -0.25) is 4.79 Å². The number of aromatic hydroxyl groups is 2. The molecule has 0 spiro atoms. The smallest absolute Gasteiger partial charge is 0.255 e. The average molecular weight is 270 g/mol. The Morgan fingerprint density at radius 2 is 1.85 bits per heavy atom. The van der Waals surface area contributed by atoms with E-state index in [0.717, 1.165) is 11.3 Å². The highest BCUT2D eigenvalue weighted by Gasteiger charge is 2.25. The standard InChI is InChI=1S/C15H14N2O3/c1-8-3-2-4-10-13(8)16-14(17-15(10)20)9-5-6-11(18)12(19)7-9/h2-7,14,16,18-19H,1H3,(H,17,20)/t14-/m0/s1. The minimum Gasteiger partial charge on any atom is -0.504 e. The van der Waals surface area contributed by atoms with Crippen LogP contribution in [0, 0.1) is 6.92 Å². The van der Waals surface area contributed by atoms with Gasteiger partial charge in [-0.15, -0.1) is 0 Å². The van der Waals surface area contributed by atoms with Gasteiger partial charge in [0, 0.05) is 0 Å². The highest BCUT2D eigenvalue weighted by atomic mass is 16.3. The van der Waals surface area contributed by atoms with E-state index in [-0.39, 0.29) is 17.4 Å². The third kappa shape index (κ3) is 1.93. The second kappa shape index (κ2) is 4.45. The lowest BCUT2D eigenvalue weighted by molar-refractivity contribution is 0.0935. The predicted molar refractivity (Wildman–Crippen MR) is 74.8 cm³/mol. The number of rotatable bonds is 1. The van der Waals surface area contributed by atoms with E-state index in [1.165, 1.54) is 12.1 Å². The largest absolute Gasteiger partial charge is 0.504 e. The maximum absolute atomic E-state index is 12.1. The van der Waals surface area contributed by atoms with Gasteiger partial charge in [0.2, 0.25) is 0 Å². The van der Waals surface area contributed by atoms with Crippen molar-refractivity contribution < 1.29 is 15.0 Å². The molecule has 1 amide bonds. The highest BCUT2D eigenvalue weighted by molar-refractivity contribution is 6.02. The van der Waals surface area contributed by atoms with Crippen molar-refractivity contribution in [2.45, 2.75) is 13.1 Å². The molecular formula is C15H14N2O3. The van der Waals surface area contributed by atoms with Crippen molar-refractivity contribution >= 4 is 11.6 Å². The number of fused-ring (bicyclic) bond motifs is 1. The normalized spacial score (nSPS) is 17.1. The molecule has 2 aromatic rings. The van der Waals surface area contributed by atoms with E-state index >= 15 is 0 Å². The van der Waals surface area contributed by atoms with Crippen molar-refractivity contribution in [3.05, 3.63) is 53.1 Å². The Kier molecular flexibility index (Phi) is 2.75. The van der Waals surface area contributed by atoms with E-state index in [1.54, 1.807) is 12.1 Å². The summed E-state index contributed by atoms with van der Waals surface area (Å²) in [5.74, 6) is -0.568. The molecule has 0 aromatic heterocycles. The summed E-state index contributed by atoms with van der Waals surface area (Å²) in [6, 6.07) is 9.99. The lowest BCUT2D eigenvalue weighted by atomic mass is 10.0. The van der Waals surface area contributed by atoms with E-state index in [0.29, 0.717) is 11.1 Å². The summed E-state index contributed by atoms with van der Waals surface area (Å²) in [5.41, 5.74) is 3.03. The molecule has 1 heterocycles. The van der Waals surface area contributed by atoms with Crippen LogP contribution in [0.2, 0.25) is 0 Å². The van der Waals surface area contributed by atoms with Gasteiger partial charge in [0.1, 0.15) is 6.17 Å². The summed E-state index contributed by atoms with van der Waals surface area (Å²) in [5, 5.41) is 24.9. The molecule has 5 heteroatoms. The minimum absolute atomic E-state index is 0.167. The van der Waals surface area contributed by atoms with Crippen LogP contribution in [0.25, 0.3) is 0 Å². The van der Waals surface area contributed by atoms with E-state index in [9.17, 15) is 15.0 Å². The van der Waals surface area contributed by atoms with Crippen molar-refractivity contribution in [1.29, 1.82) is 0 Å². The number of aryl methyl sites for hydroxylation is 1. The van der Waals surface area contributed by atoms with E-state index < -0.39 is 6.17 Å². The maximum atomic E-state index is 12.1. The molecule has 0 unspecified atom stereocenters. The minimum atomic E-state index is -0.442. The molecule has 20 heavy (non-hydrogen) atoms. The van der Waals surface area contributed by atoms with Gasteiger partial charge in [-0.2, -0.15) is 0 Å². The van der Waals surface area contributed by atoms with Crippen molar-refractivity contribution in [3.63, 3.8) is 0 Å². The SMILES string of the molecule is Cc1cccc2c1N[C@H](c1ccc(O)c(O)c1)NC2=O. The van der Waals surface area contributed by atoms with Gasteiger partial charge in [-0.25, -0.2) is 0 Å². The zero-order valence-corrected chi connectivity index (χ0v) is 10.8. The van der Waals surface area contributed by atoms with Crippen LogP contribution in [0.15, 0.2) is 36.4 Å². The predicted octanol–water partition coefficient (Wildman–Crippen LogP) is 2.26. The van der Waals surface area contributed by atoms with Gasteiger partial charge in [-0.05, 0) is 36.2 Å². The van der Waals surface area contributed by atoms with Gasteiger partial charge >= 0.3 is 0 Å². The summed E-state index contributed by atoms with van der Waals surface area (Å²) < 4.78 is 0. The molecule has 3 rings (SSSR count). The van der Waals surface area contributed by atoms with Crippen molar-refractivity contribution in [1.82, 2.24) is 5.32 Å². The molecule has 1 aliphatic rings. The van der Waals surface area contributed by atoms with Crippen LogP contribution in [0.4, 0.5) is 5.69 Å². The number of hydrogen-bond acceptors (Lipinski definition) is 4. The average Bonchev–Trinajstić information content (AvgIpc) is 2.43. The van der Waals surface area contributed by atoms with Crippen molar-refractivity contribution in [2.75, 3.05) is 5.32 Å². The summed E-state index contributed by atoms with van der Waals surface area (Å²) >= 11 is 0. The van der Waals surface area contributed by atoms with Crippen LogP contribution in [0.3, 0.4) is 0 Å². The zero-order valence-electron chi connectivity index (χ0n) is 10.8. The third-order valence-electron chi connectivity index (χ3n) is 3.41. The molecule has 0 saturated heterocycles. The summed E-state index contributed by atoms with van der Waals surface area (Å²) in [6.07, 6.45) is -0.442. The Morgan fingerprint density at radius 3 is 2.60 bits per heavy atom. The van der Waals surface area contributed by atoms with Crippen LogP contribution >= 0.6 is 0 Å². The van der Waals surface area contributed by atoms with Crippen LogP contribution in [-0.2, 0) is 0 Å². The third-order valence-corrected chi connectivity index (χ3v) is 3.41. The number of hydrogen-bond donors (Lipinski definition) is 4. The molecule has 0 radical (unpaired) electrons. The van der Waals surface area contributed by atoms with Gasteiger partial charge in [0.15, 0.2) is 11.5 Å². The molecule has 1 aliphatic heterocycles. The molecule has 102 valence electrons. The fourth-order valence-corrected chi connectivity index (χ4v) is 2.32. The molecular weight excluding hydrogens is 256 g/mol. The second-order valence-electron chi connectivity index (χ2n) is 4.80. The number of nitrogens with one attached hydrogen (secondary N) is 2. The highest BCUT2D eigenvalue weighted by Crippen LogP contribution is 2.32. The zero-order chi connectivity index (χ0) is 14.3. The first-order chi connectivity index (χ1) is 9.56. The maximum Gasteiger partial charge on any atom is 0.255 e. The fourth-order valence-electron chi connectivity index (χ4n) is 2.32. The van der Waals surface area contributed by atoms with Gasteiger partial charge in [-0.1, -0.05) is 18.2 Å². The van der Waals surface area contributed by atoms with Crippen LogP contribution in [0.5, 0.6) is 11.5 Å². The fraction of sp³-hybridized carbons (Fsp3) is 0.133. The van der Waals surface area contributed by atoms with Crippen LogP contribution in [-0.4, -0.2) is 16.1 Å². The number of carbonyl (C=O) groups is 1. The summed E-state index contributed by atoms with van der Waals surface area (Å²) in [6.45, 7) is 1.93.